The maximum Gasteiger partial charge on any atom is 0.417 e. The number of rotatable bonds is 9. The van der Waals surface area contributed by atoms with Gasteiger partial charge in [0.2, 0.25) is 0 Å². The van der Waals surface area contributed by atoms with Crippen molar-refractivity contribution in [3.8, 4) is 11.4 Å². The van der Waals surface area contributed by atoms with Crippen LogP contribution in [0.3, 0.4) is 0 Å². The van der Waals surface area contributed by atoms with Crippen LogP contribution in [0.15, 0.2) is 36.7 Å². The van der Waals surface area contributed by atoms with Gasteiger partial charge in [-0.2, -0.15) is 13.2 Å². The van der Waals surface area contributed by atoms with Crippen molar-refractivity contribution in [2.75, 3.05) is 11.9 Å². The summed E-state index contributed by atoms with van der Waals surface area (Å²) in [6, 6.07) is 5.50. The Morgan fingerprint density at radius 3 is 2.61 bits per heavy atom. The first-order chi connectivity index (χ1) is 15.9. The Labute approximate surface area is 193 Å². The molecule has 8 heteroatoms. The van der Waals surface area contributed by atoms with Crippen LogP contribution in [-0.2, 0) is 19.0 Å². The molecule has 3 N–H and O–H groups in total. The third-order valence-electron chi connectivity index (χ3n) is 6.21. The highest BCUT2D eigenvalue weighted by Gasteiger charge is 2.35. The lowest BCUT2D eigenvalue weighted by Crippen LogP contribution is -2.45. The van der Waals surface area contributed by atoms with Gasteiger partial charge in [0.15, 0.2) is 5.82 Å². The van der Waals surface area contributed by atoms with Crippen LogP contribution >= 0.6 is 0 Å². The zero-order chi connectivity index (χ0) is 23.4. The number of aromatic nitrogens is 2. The SMILES string of the molecule is C=C(Nc1nc(-c2ccccc2C(F)(F)F)nc2c1CCCCC2)NC(NCCC)C1CC1. The van der Waals surface area contributed by atoms with Crippen molar-refractivity contribution >= 4 is 5.82 Å². The van der Waals surface area contributed by atoms with E-state index in [1.165, 1.54) is 25.0 Å². The number of halogens is 3. The van der Waals surface area contributed by atoms with E-state index in [4.69, 9.17) is 0 Å². The molecule has 1 saturated carbocycles. The molecule has 0 aliphatic heterocycles. The van der Waals surface area contributed by atoms with Gasteiger partial charge in [0.25, 0.3) is 0 Å². The van der Waals surface area contributed by atoms with E-state index in [9.17, 15) is 13.2 Å². The standard InChI is InChI=1S/C25H32F3N5/c1-3-15-29-22(17-13-14-17)30-16(2)31-24-19-10-5-4-6-12-21(19)32-23(33-24)18-9-7-8-11-20(18)25(26,27)28/h7-9,11,17,22,29-30H,2-6,10,12-15H2,1H3,(H,31,32,33). The molecule has 1 aromatic heterocycles. The van der Waals surface area contributed by atoms with Crippen molar-refractivity contribution in [2.45, 2.75) is 70.6 Å². The van der Waals surface area contributed by atoms with Gasteiger partial charge in [0, 0.05) is 16.8 Å². The minimum Gasteiger partial charge on any atom is -0.357 e. The van der Waals surface area contributed by atoms with Crippen molar-refractivity contribution in [3.63, 3.8) is 0 Å². The van der Waals surface area contributed by atoms with Crippen molar-refractivity contribution in [3.05, 3.63) is 53.5 Å². The van der Waals surface area contributed by atoms with Gasteiger partial charge >= 0.3 is 6.18 Å². The second-order valence-corrected chi connectivity index (χ2v) is 8.94. The molecular weight excluding hydrogens is 427 g/mol. The molecule has 1 atom stereocenters. The molecule has 0 saturated heterocycles. The van der Waals surface area contributed by atoms with E-state index in [1.807, 2.05) is 0 Å². The van der Waals surface area contributed by atoms with Crippen LogP contribution in [0.4, 0.5) is 19.0 Å². The molecule has 178 valence electrons. The third-order valence-corrected chi connectivity index (χ3v) is 6.21. The summed E-state index contributed by atoms with van der Waals surface area (Å²) in [5.41, 5.74) is 1.08. The molecule has 1 aromatic carbocycles. The molecule has 2 aromatic rings. The lowest BCUT2D eigenvalue weighted by Gasteiger charge is -2.24. The second kappa shape index (κ2) is 10.1. The molecule has 4 rings (SSSR count). The summed E-state index contributed by atoms with van der Waals surface area (Å²) >= 11 is 0. The van der Waals surface area contributed by atoms with Crippen LogP contribution in [-0.4, -0.2) is 22.7 Å². The number of hydrogen-bond donors (Lipinski definition) is 3. The van der Waals surface area contributed by atoms with Gasteiger partial charge in [0.05, 0.1) is 17.6 Å². The molecule has 1 heterocycles. The van der Waals surface area contributed by atoms with E-state index >= 15 is 0 Å². The van der Waals surface area contributed by atoms with Crippen LogP contribution in [0.1, 0.15) is 62.3 Å². The Kier molecular flexibility index (Phi) is 7.22. The number of anilines is 1. The summed E-state index contributed by atoms with van der Waals surface area (Å²) in [7, 11) is 0. The van der Waals surface area contributed by atoms with Gasteiger partial charge in [0.1, 0.15) is 5.82 Å². The smallest absolute Gasteiger partial charge is 0.357 e. The van der Waals surface area contributed by atoms with Gasteiger partial charge < -0.3 is 10.6 Å². The number of hydrogen-bond acceptors (Lipinski definition) is 5. The number of aryl methyl sites for hydroxylation is 1. The topological polar surface area (TPSA) is 61.9 Å². The Bertz CT molecular complexity index is 984. The van der Waals surface area contributed by atoms with E-state index < -0.39 is 11.7 Å². The molecule has 33 heavy (non-hydrogen) atoms. The fourth-order valence-electron chi connectivity index (χ4n) is 4.35. The first-order valence-electron chi connectivity index (χ1n) is 11.9. The first kappa shape index (κ1) is 23.5. The Morgan fingerprint density at radius 2 is 1.88 bits per heavy atom. The minimum absolute atomic E-state index is 0.000798. The number of fused-ring (bicyclic) bond motifs is 1. The molecule has 1 unspecified atom stereocenters. The van der Waals surface area contributed by atoms with E-state index in [2.05, 4.69) is 39.4 Å². The van der Waals surface area contributed by atoms with Crippen LogP contribution in [0.25, 0.3) is 11.4 Å². The number of nitrogens with one attached hydrogen (secondary N) is 3. The van der Waals surface area contributed by atoms with Crippen LogP contribution in [0.2, 0.25) is 0 Å². The minimum atomic E-state index is -4.48. The zero-order valence-electron chi connectivity index (χ0n) is 19.1. The number of nitrogens with zero attached hydrogens (tertiary/aromatic N) is 2. The average molecular weight is 460 g/mol. The predicted octanol–water partition coefficient (Wildman–Crippen LogP) is 5.64. The predicted molar refractivity (Wildman–Crippen MR) is 124 cm³/mol. The summed E-state index contributed by atoms with van der Waals surface area (Å²) in [6.07, 6.45) is 3.58. The van der Waals surface area contributed by atoms with Gasteiger partial charge in [-0.15, -0.1) is 0 Å². The average Bonchev–Trinajstić information content (AvgIpc) is 3.63. The quantitative estimate of drug-likeness (QED) is 0.335. The monoisotopic (exact) mass is 459 g/mol. The van der Waals surface area contributed by atoms with Crippen molar-refractivity contribution in [2.24, 2.45) is 5.92 Å². The van der Waals surface area contributed by atoms with Crippen molar-refractivity contribution in [1.29, 1.82) is 0 Å². The molecule has 1 fully saturated rings. The lowest BCUT2D eigenvalue weighted by atomic mass is 10.0. The maximum atomic E-state index is 13.7. The molecule has 5 nitrogen and oxygen atoms in total. The Balaban J connectivity index is 1.66. The fourth-order valence-corrected chi connectivity index (χ4v) is 4.35. The molecule has 0 amide bonds. The second-order valence-electron chi connectivity index (χ2n) is 8.94. The summed E-state index contributed by atoms with van der Waals surface area (Å²) < 4.78 is 41.0. The molecule has 2 aliphatic carbocycles. The van der Waals surface area contributed by atoms with Gasteiger partial charge in [-0.3, -0.25) is 5.32 Å². The number of benzene rings is 1. The molecule has 2 aliphatic rings. The van der Waals surface area contributed by atoms with E-state index in [0.717, 1.165) is 62.4 Å². The maximum absolute atomic E-state index is 13.7. The Morgan fingerprint density at radius 1 is 1.12 bits per heavy atom. The van der Waals surface area contributed by atoms with Gasteiger partial charge in [-0.25, -0.2) is 9.97 Å². The van der Waals surface area contributed by atoms with Crippen LogP contribution in [0, 0.1) is 5.92 Å². The largest absolute Gasteiger partial charge is 0.417 e. The molecular formula is C25H32F3N5. The lowest BCUT2D eigenvalue weighted by molar-refractivity contribution is -0.137. The van der Waals surface area contributed by atoms with E-state index in [0.29, 0.717) is 17.6 Å². The summed E-state index contributed by atoms with van der Waals surface area (Å²) in [4.78, 5) is 9.21. The molecule has 0 spiro atoms. The van der Waals surface area contributed by atoms with E-state index in [1.54, 1.807) is 6.07 Å². The highest BCUT2D eigenvalue weighted by atomic mass is 19.4. The summed E-state index contributed by atoms with van der Waals surface area (Å²) in [6.45, 7) is 7.17. The molecule has 0 bridgehead atoms. The van der Waals surface area contributed by atoms with Crippen molar-refractivity contribution in [1.82, 2.24) is 20.6 Å². The third kappa shape index (κ3) is 5.85. The normalized spacial score (nSPS) is 17.1. The van der Waals surface area contributed by atoms with Gasteiger partial charge in [-0.05, 0) is 63.5 Å². The van der Waals surface area contributed by atoms with E-state index in [-0.39, 0.29) is 17.6 Å². The highest BCUT2D eigenvalue weighted by Crippen LogP contribution is 2.37. The van der Waals surface area contributed by atoms with Crippen LogP contribution < -0.4 is 16.0 Å². The number of alkyl halides is 3. The fraction of sp³-hybridized carbons (Fsp3) is 0.520. The summed E-state index contributed by atoms with van der Waals surface area (Å²) in [5, 5.41) is 10.2. The highest BCUT2D eigenvalue weighted by molar-refractivity contribution is 5.65. The Hall–Kier alpha value is -2.61. The zero-order valence-corrected chi connectivity index (χ0v) is 19.1. The summed E-state index contributed by atoms with van der Waals surface area (Å²) in [5.74, 6) is 1.81. The van der Waals surface area contributed by atoms with Crippen molar-refractivity contribution < 1.29 is 13.2 Å². The first-order valence-corrected chi connectivity index (χ1v) is 11.9. The molecule has 0 radical (unpaired) electrons. The van der Waals surface area contributed by atoms with Crippen LogP contribution in [0.5, 0.6) is 0 Å². The van der Waals surface area contributed by atoms with Gasteiger partial charge in [-0.1, -0.05) is 38.1 Å².